The fraction of sp³-hybridized carbons (Fsp3) is 0.654. The van der Waals surface area contributed by atoms with Crippen LogP contribution in [0.25, 0.3) is 11.0 Å². The number of rotatable bonds is 14. The van der Waals surface area contributed by atoms with Crippen LogP contribution < -0.4 is 10.4 Å². The first-order chi connectivity index (χ1) is 21.2. The van der Waals surface area contributed by atoms with E-state index >= 15 is 0 Å². The van der Waals surface area contributed by atoms with Gasteiger partial charge in [-0.15, -0.1) is 0 Å². The molecule has 1 saturated heterocycles. The molecular weight excluding hydrogens is 663 g/mol. The van der Waals surface area contributed by atoms with E-state index in [1.54, 1.807) is 6.07 Å². The Labute approximate surface area is 263 Å². The first kappa shape index (κ1) is 35.4. The molecule has 1 unspecified atom stereocenters. The minimum absolute atomic E-state index is 0.0397. The number of nitriles is 1. The Morgan fingerprint density at radius 1 is 1.33 bits per heavy atom. The molecule has 0 amide bonds. The third kappa shape index (κ3) is 8.30. The Bertz CT molecular complexity index is 1580. The van der Waals surface area contributed by atoms with E-state index in [2.05, 4.69) is 21.5 Å². The molecule has 1 saturated carbocycles. The number of aromatic nitrogens is 2. The van der Waals surface area contributed by atoms with Gasteiger partial charge in [-0.1, -0.05) is 24.4 Å². The quantitative estimate of drug-likeness (QED) is 0.128. The standard InChI is InChI=1S/C26H35ClF2N5O9PS/c1-3-41-26(37)14(2)33-44(38,42-11-19(28)29)13-45(39,40)12-18-21(35)22(36)25(43-18)34-9-8-16-20(31-15-6-4-5-7-15)17(10-30)23(27)32-24(16)34/h8-9,14-15,18-19,21-22,25,35-36H,3-7,11-13H2,1-2H3,(H,31,32)(H,33,38)/t14-,18+,21+,22+,25+,44?/m0/s1. The summed E-state index contributed by atoms with van der Waals surface area (Å²) in [5, 5.41) is 37.3. The first-order valence-corrected chi connectivity index (χ1v) is 18.2. The molecule has 1 aliphatic carbocycles. The minimum atomic E-state index is -4.63. The van der Waals surface area contributed by atoms with Crippen molar-refractivity contribution in [3.05, 3.63) is 23.0 Å². The van der Waals surface area contributed by atoms with Crippen molar-refractivity contribution < 1.29 is 50.8 Å². The number of aliphatic hydroxyl groups excluding tert-OH is 2. The lowest BCUT2D eigenvalue weighted by Crippen LogP contribution is -2.38. The summed E-state index contributed by atoms with van der Waals surface area (Å²) in [4.78, 5) is 16.3. The van der Waals surface area contributed by atoms with Crippen molar-refractivity contribution in [3.63, 3.8) is 0 Å². The van der Waals surface area contributed by atoms with Crippen molar-refractivity contribution in [1.82, 2.24) is 14.6 Å². The highest BCUT2D eigenvalue weighted by atomic mass is 35.5. The molecule has 19 heteroatoms. The van der Waals surface area contributed by atoms with Crippen LogP contribution in [0.5, 0.6) is 0 Å². The summed E-state index contributed by atoms with van der Waals surface area (Å²) >= 11 is 6.35. The maximum atomic E-state index is 13.3. The third-order valence-electron chi connectivity index (χ3n) is 7.47. The number of pyridine rings is 1. The highest BCUT2D eigenvalue weighted by Gasteiger charge is 2.47. The van der Waals surface area contributed by atoms with E-state index in [9.17, 15) is 42.0 Å². The zero-order valence-electron chi connectivity index (χ0n) is 24.4. The predicted molar refractivity (Wildman–Crippen MR) is 159 cm³/mol. The first-order valence-electron chi connectivity index (χ1n) is 14.2. The van der Waals surface area contributed by atoms with Gasteiger partial charge >= 0.3 is 5.97 Å². The molecule has 0 aromatic carbocycles. The molecule has 2 aromatic rings. The molecule has 0 spiro atoms. The number of carbonyl (C=O) groups excluding carboxylic acids is 1. The highest BCUT2D eigenvalue weighted by Crippen LogP contribution is 2.46. The van der Waals surface area contributed by atoms with Crippen LogP contribution in [-0.4, -0.2) is 95.4 Å². The number of hydrogen-bond acceptors (Lipinski definition) is 12. The van der Waals surface area contributed by atoms with E-state index in [0.29, 0.717) is 11.1 Å². The van der Waals surface area contributed by atoms with Crippen molar-refractivity contribution in [1.29, 1.82) is 5.26 Å². The highest BCUT2D eigenvalue weighted by molar-refractivity contribution is 7.98. The second-order valence-electron chi connectivity index (χ2n) is 10.9. The van der Waals surface area contributed by atoms with Gasteiger partial charge in [0, 0.05) is 17.6 Å². The van der Waals surface area contributed by atoms with Crippen LogP contribution in [0.4, 0.5) is 14.5 Å². The van der Waals surface area contributed by atoms with Crippen molar-refractivity contribution in [2.75, 3.05) is 29.8 Å². The summed E-state index contributed by atoms with van der Waals surface area (Å²) in [6.45, 7) is 1.29. The van der Waals surface area contributed by atoms with E-state index in [4.69, 9.17) is 25.6 Å². The Balaban J connectivity index is 1.56. The number of fused-ring (bicyclic) bond motifs is 1. The van der Waals surface area contributed by atoms with Gasteiger partial charge in [-0.05, 0) is 32.8 Å². The number of aliphatic hydroxyl groups is 2. The maximum absolute atomic E-state index is 13.3. The number of nitrogens with zero attached hydrogens (tertiary/aromatic N) is 3. The Hall–Kier alpha value is -2.42. The Morgan fingerprint density at radius 2 is 2.02 bits per heavy atom. The van der Waals surface area contributed by atoms with E-state index in [0.717, 1.165) is 25.7 Å². The van der Waals surface area contributed by atoms with Gasteiger partial charge < -0.3 is 34.1 Å². The Kier molecular flexibility index (Phi) is 11.5. The van der Waals surface area contributed by atoms with Gasteiger partial charge in [0.15, 0.2) is 21.2 Å². The molecule has 1 aliphatic heterocycles. The SMILES string of the molecule is CCOC(=O)[C@H](C)NP(=O)(CS(=O)(=O)C[C@H]1O[C@@H](n2ccc3c(NC4CCCC4)c(C#N)c(Cl)nc32)[C@H](O)[C@@H]1O)OCC(F)F. The molecular formula is C26H35ClF2N5O9PS. The van der Waals surface area contributed by atoms with Crippen molar-refractivity contribution in [3.8, 4) is 6.07 Å². The average Bonchev–Trinajstić information content (AvgIpc) is 3.68. The molecule has 45 heavy (non-hydrogen) atoms. The zero-order valence-corrected chi connectivity index (χ0v) is 26.9. The molecule has 4 rings (SSSR count). The lowest BCUT2D eigenvalue weighted by Gasteiger charge is -2.23. The molecule has 4 N–H and O–H groups in total. The van der Waals surface area contributed by atoms with Crippen LogP contribution in [0.1, 0.15) is 51.3 Å². The number of sulfone groups is 1. The van der Waals surface area contributed by atoms with Gasteiger partial charge in [0.05, 0.1) is 18.0 Å². The van der Waals surface area contributed by atoms with E-state index in [-0.39, 0.29) is 29.0 Å². The summed E-state index contributed by atoms with van der Waals surface area (Å²) < 4.78 is 82.1. The number of hydrogen-bond donors (Lipinski definition) is 4. The Morgan fingerprint density at radius 3 is 2.64 bits per heavy atom. The molecule has 6 atom stereocenters. The summed E-state index contributed by atoms with van der Waals surface area (Å²) in [5.74, 6) is -1.90. The summed E-state index contributed by atoms with van der Waals surface area (Å²) in [6.07, 6.45) is -4.06. The third-order valence-corrected chi connectivity index (χ3v) is 12.9. The zero-order chi connectivity index (χ0) is 33.1. The number of halogens is 3. The van der Waals surface area contributed by atoms with Gasteiger partial charge in [-0.3, -0.25) is 9.36 Å². The normalized spacial score (nSPS) is 24.5. The summed E-state index contributed by atoms with van der Waals surface area (Å²) in [5.41, 5.74) is -0.536. The molecule has 250 valence electrons. The van der Waals surface area contributed by atoms with Gasteiger partial charge in [-0.25, -0.2) is 27.3 Å². The summed E-state index contributed by atoms with van der Waals surface area (Å²) in [6, 6.07) is 2.43. The number of nitrogens with one attached hydrogen (secondary N) is 2. The van der Waals surface area contributed by atoms with Crippen molar-refractivity contribution in [2.24, 2.45) is 0 Å². The molecule has 0 radical (unpaired) electrons. The fourth-order valence-corrected chi connectivity index (χ4v) is 10.6. The number of carbonyl (C=O) groups is 1. The smallest absolute Gasteiger partial charge is 0.323 e. The molecule has 2 fully saturated rings. The summed E-state index contributed by atoms with van der Waals surface area (Å²) in [7, 11) is -9.15. The van der Waals surface area contributed by atoms with Crippen LogP contribution in [0.15, 0.2) is 12.3 Å². The number of alkyl halides is 2. The van der Waals surface area contributed by atoms with Crippen LogP contribution in [-0.2, 0) is 33.2 Å². The molecule has 14 nitrogen and oxygen atoms in total. The molecule has 2 aromatic heterocycles. The fourth-order valence-electron chi connectivity index (χ4n) is 5.43. The number of esters is 1. The van der Waals surface area contributed by atoms with Crippen molar-refractivity contribution >= 4 is 51.6 Å². The monoisotopic (exact) mass is 697 g/mol. The second kappa shape index (κ2) is 14.6. The second-order valence-corrected chi connectivity index (χ2v) is 16.0. The maximum Gasteiger partial charge on any atom is 0.323 e. The predicted octanol–water partition coefficient (Wildman–Crippen LogP) is 2.92. The minimum Gasteiger partial charge on any atom is -0.465 e. The lowest BCUT2D eigenvalue weighted by molar-refractivity contribution is -0.144. The van der Waals surface area contributed by atoms with Crippen LogP contribution in [0, 0.1) is 11.3 Å². The van der Waals surface area contributed by atoms with Gasteiger partial charge in [0.1, 0.15) is 53.7 Å². The van der Waals surface area contributed by atoms with E-state index in [1.807, 2.05) is 0 Å². The molecule has 2 aliphatic rings. The number of anilines is 1. The van der Waals surface area contributed by atoms with E-state index < -0.39 is 78.2 Å². The van der Waals surface area contributed by atoms with Gasteiger partial charge in [0.2, 0.25) is 0 Å². The lowest BCUT2D eigenvalue weighted by atomic mass is 10.1. The molecule has 3 heterocycles. The van der Waals surface area contributed by atoms with Crippen LogP contribution >= 0.6 is 19.1 Å². The van der Waals surface area contributed by atoms with Gasteiger partial charge in [0.25, 0.3) is 13.9 Å². The van der Waals surface area contributed by atoms with Crippen molar-refractivity contribution in [2.45, 2.75) is 82.6 Å². The van der Waals surface area contributed by atoms with Crippen LogP contribution in [0.3, 0.4) is 0 Å². The van der Waals surface area contributed by atoms with Gasteiger partial charge in [-0.2, -0.15) is 5.26 Å². The molecule has 0 bridgehead atoms. The van der Waals surface area contributed by atoms with E-state index in [1.165, 1.54) is 24.6 Å². The largest absolute Gasteiger partial charge is 0.465 e. The average molecular weight is 698 g/mol. The number of ether oxygens (including phenoxy) is 2. The van der Waals surface area contributed by atoms with Crippen LogP contribution in [0.2, 0.25) is 5.15 Å². The topological polar surface area (TPSA) is 202 Å².